The number of benzene rings is 1. The molecule has 0 unspecified atom stereocenters. The average molecular weight is 370 g/mol. The monoisotopic (exact) mass is 369 g/mol. The van der Waals surface area contributed by atoms with Crippen molar-refractivity contribution in [3.05, 3.63) is 56.5 Å². The highest BCUT2D eigenvalue weighted by Crippen LogP contribution is 2.22. The van der Waals surface area contributed by atoms with Crippen LogP contribution >= 0.6 is 27.3 Å². The van der Waals surface area contributed by atoms with Gasteiger partial charge in [-0.1, -0.05) is 0 Å². The Kier molecular flexibility index (Phi) is 4.87. The third kappa shape index (κ3) is 4.24. The first kappa shape index (κ1) is 15.4. The molecule has 0 saturated carbocycles. The van der Waals surface area contributed by atoms with E-state index in [9.17, 15) is 14.0 Å². The van der Waals surface area contributed by atoms with Crippen LogP contribution in [0.4, 0.5) is 10.1 Å². The van der Waals surface area contributed by atoms with Crippen LogP contribution in [0.5, 0.6) is 0 Å². The largest absolute Gasteiger partial charge is 0.478 e. The number of aliphatic carboxylic acids is 1. The summed E-state index contributed by atoms with van der Waals surface area (Å²) in [6.45, 7) is 0. The molecule has 0 spiro atoms. The summed E-state index contributed by atoms with van der Waals surface area (Å²) < 4.78 is 14.6. The van der Waals surface area contributed by atoms with Gasteiger partial charge in [0, 0.05) is 22.7 Å². The van der Waals surface area contributed by atoms with Crippen molar-refractivity contribution in [2.75, 3.05) is 5.32 Å². The van der Waals surface area contributed by atoms with Gasteiger partial charge in [0.2, 0.25) is 0 Å². The number of carbonyl (C=O) groups is 2. The van der Waals surface area contributed by atoms with E-state index in [2.05, 4.69) is 21.2 Å². The maximum absolute atomic E-state index is 13.8. The lowest BCUT2D eigenvalue weighted by atomic mass is 10.1. The normalized spacial score (nSPS) is 10.8. The second kappa shape index (κ2) is 6.64. The number of thiophene rings is 1. The zero-order valence-electron chi connectivity index (χ0n) is 10.5. The number of carboxylic acids is 1. The Hall–Kier alpha value is -1.99. The van der Waals surface area contributed by atoms with Gasteiger partial charge in [0.25, 0.3) is 5.91 Å². The zero-order chi connectivity index (χ0) is 15.4. The zero-order valence-corrected chi connectivity index (χ0v) is 12.9. The van der Waals surface area contributed by atoms with Gasteiger partial charge in [-0.05, 0) is 46.3 Å². The summed E-state index contributed by atoms with van der Waals surface area (Å²) in [5, 5.41) is 12.7. The van der Waals surface area contributed by atoms with E-state index in [0.29, 0.717) is 11.3 Å². The second-order valence-corrected chi connectivity index (χ2v) is 6.29. The molecule has 0 fully saturated rings. The fourth-order valence-electron chi connectivity index (χ4n) is 1.53. The van der Waals surface area contributed by atoms with Gasteiger partial charge in [-0.25, -0.2) is 9.18 Å². The van der Waals surface area contributed by atoms with E-state index < -0.39 is 11.8 Å². The molecule has 108 valence electrons. The minimum Gasteiger partial charge on any atom is -0.478 e. The standard InChI is InChI=1S/C14H9BrFNO3S/c15-12-5-9(7-21-12)14(20)17-10-3-1-8(11(16)6-10)2-4-13(18)19/h1-7H,(H,17,20)(H,18,19)/b4-2+. The first-order chi connectivity index (χ1) is 9.95. The van der Waals surface area contributed by atoms with Crippen LogP contribution in [0, 0.1) is 5.82 Å². The van der Waals surface area contributed by atoms with Gasteiger partial charge in [0.05, 0.1) is 9.35 Å². The molecule has 0 bridgehead atoms. The van der Waals surface area contributed by atoms with E-state index in [1.807, 2.05) is 0 Å². The number of nitrogens with one attached hydrogen (secondary N) is 1. The molecule has 2 rings (SSSR count). The van der Waals surface area contributed by atoms with E-state index in [1.165, 1.54) is 23.5 Å². The molecule has 0 radical (unpaired) electrons. The minimum atomic E-state index is -1.16. The molecule has 1 amide bonds. The smallest absolute Gasteiger partial charge is 0.328 e. The van der Waals surface area contributed by atoms with E-state index in [0.717, 1.165) is 22.0 Å². The number of hydrogen-bond donors (Lipinski definition) is 2. The Labute approximate surface area is 132 Å². The van der Waals surface area contributed by atoms with Gasteiger partial charge < -0.3 is 10.4 Å². The van der Waals surface area contributed by atoms with Gasteiger partial charge in [0.15, 0.2) is 0 Å². The summed E-state index contributed by atoms with van der Waals surface area (Å²) in [4.78, 5) is 22.3. The minimum absolute atomic E-state index is 0.133. The van der Waals surface area contributed by atoms with Crippen molar-refractivity contribution in [3.63, 3.8) is 0 Å². The highest BCUT2D eigenvalue weighted by atomic mass is 79.9. The highest BCUT2D eigenvalue weighted by Gasteiger charge is 2.09. The lowest BCUT2D eigenvalue weighted by molar-refractivity contribution is -0.131. The molecule has 2 N–H and O–H groups in total. The molecule has 1 heterocycles. The molecule has 21 heavy (non-hydrogen) atoms. The Balaban J connectivity index is 2.13. The number of anilines is 1. The lowest BCUT2D eigenvalue weighted by Crippen LogP contribution is -2.11. The van der Waals surface area contributed by atoms with Crippen molar-refractivity contribution >= 4 is 50.9 Å². The summed E-state index contributed by atoms with van der Waals surface area (Å²) in [7, 11) is 0. The van der Waals surface area contributed by atoms with Crippen molar-refractivity contribution in [2.45, 2.75) is 0 Å². The molecule has 7 heteroatoms. The lowest BCUT2D eigenvalue weighted by Gasteiger charge is -2.05. The summed E-state index contributed by atoms with van der Waals surface area (Å²) in [5.41, 5.74) is 0.906. The SMILES string of the molecule is O=C(O)/C=C/c1ccc(NC(=O)c2csc(Br)c2)cc1F. The van der Waals surface area contributed by atoms with Crippen molar-refractivity contribution < 1.29 is 19.1 Å². The first-order valence-corrected chi connectivity index (χ1v) is 7.39. The maximum Gasteiger partial charge on any atom is 0.328 e. The summed E-state index contributed by atoms with van der Waals surface area (Å²) in [6, 6.07) is 5.71. The van der Waals surface area contributed by atoms with Crippen molar-refractivity contribution in [3.8, 4) is 0 Å². The highest BCUT2D eigenvalue weighted by molar-refractivity contribution is 9.11. The van der Waals surface area contributed by atoms with Gasteiger partial charge in [-0.3, -0.25) is 4.79 Å². The molecular formula is C14H9BrFNO3S. The van der Waals surface area contributed by atoms with Gasteiger partial charge in [0.1, 0.15) is 5.82 Å². The molecule has 4 nitrogen and oxygen atoms in total. The van der Waals surface area contributed by atoms with Gasteiger partial charge in [-0.15, -0.1) is 11.3 Å². The molecule has 0 aliphatic carbocycles. The maximum atomic E-state index is 13.8. The van der Waals surface area contributed by atoms with Crippen LogP contribution in [-0.2, 0) is 4.79 Å². The van der Waals surface area contributed by atoms with Gasteiger partial charge >= 0.3 is 5.97 Å². The Bertz CT molecular complexity index is 727. The van der Waals surface area contributed by atoms with Crippen LogP contribution in [0.2, 0.25) is 0 Å². The van der Waals surface area contributed by atoms with Crippen molar-refractivity contribution in [2.24, 2.45) is 0 Å². The number of rotatable bonds is 4. The molecule has 0 saturated heterocycles. The third-order valence-corrected chi connectivity index (χ3v) is 4.00. The fourth-order valence-corrected chi connectivity index (χ4v) is 2.67. The molecule has 1 aromatic heterocycles. The fraction of sp³-hybridized carbons (Fsp3) is 0. The molecule has 0 aliphatic rings. The molecule has 0 atom stereocenters. The predicted molar refractivity (Wildman–Crippen MR) is 83.0 cm³/mol. The number of carboxylic acid groups (broad SMARTS) is 1. The number of carbonyl (C=O) groups excluding carboxylic acids is 1. The van der Waals surface area contributed by atoms with Crippen LogP contribution in [0.1, 0.15) is 15.9 Å². The summed E-state index contributed by atoms with van der Waals surface area (Å²) >= 11 is 4.63. The van der Waals surface area contributed by atoms with E-state index >= 15 is 0 Å². The van der Waals surface area contributed by atoms with Crippen LogP contribution < -0.4 is 5.32 Å². The Morgan fingerprint density at radius 2 is 2.10 bits per heavy atom. The average Bonchev–Trinajstić information content (AvgIpc) is 2.84. The summed E-state index contributed by atoms with van der Waals surface area (Å²) in [5.74, 6) is -2.11. The van der Waals surface area contributed by atoms with E-state index in [-0.39, 0.29) is 11.5 Å². The predicted octanol–water partition coefficient (Wildman–Crippen LogP) is 4.00. The van der Waals surface area contributed by atoms with Crippen molar-refractivity contribution in [1.82, 2.24) is 0 Å². The first-order valence-electron chi connectivity index (χ1n) is 5.71. The van der Waals surface area contributed by atoms with Crippen LogP contribution in [0.25, 0.3) is 6.08 Å². The Morgan fingerprint density at radius 1 is 1.33 bits per heavy atom. The molecule has 0 aliphatic heterocycles. The number of amides is 1. The van der Waals surface area contributed by atoms with Crippen LogP contribution in [-0.4, -0.2) is 17.0 Å². The quantitative estimate of drug-likeness (QED) is 0.800. The Morgan fingerprint density at radius 3 is 2.67 bits per heavy atom. The summed E-state index contributed by atoms with van der Waals surface area (Å²) in [6.07, 6.45) is 2.00. The molecule has 1 aromatic carbocycles. The van der Waals surface area contributed by atoms with E-state index in [1.54, 1.807) is 11.4 Å². The van der Waals surface area contributed by atoms with Crippen LogP contribution in [0.3, 0.4) is 0 Å². The van der Waals surface area contributed by atoms with Crippen LogP contribution in [0.15, 0.2) is 39.5 Å². The second-order valence-electron chi connectivity index (χ2n) is 4.00. The van der Waals surface area contributed by atoms with Gasteiger partial charge in [-0.2, -0.15) is 0 Å². The number of halogens is 2. The van der Waals surface area contributed by atoms with E-state index in [4.69, 9.17) is 5.11 Å². The number of hydrogen-bond acceptors (Lipinski definition) is 3. The topological polar surface area (TPSA) is 66.4 Å². The van der Waals surface area contributed by atoms with Crippen molar-refractivity contribution in [1.29, 1.82) is 0 Å². The molecule has 2 aromatic rings. The third-order valence-electron chi connectivity index (χ3n) is 2.49. The molecular weight excluding hydrogens is 361 g/mol.